The van der Waals surface area contributed by atoms with Gasteiger partial charge in [-0.05, 0) is 92.7 Å². The Kier molecular flexibility index (Phi) is 8.52. The fraction of sp³-hybridized carbons (Fsp3) is 0. The molecule has 5 nitrogen and oxygen atoms in total. The minimum absolute atomic E-state index is 0.629. The van der Waals surface area contributed by atoms with E-state index in [2.05, 4.69) is 221 Å². The molecule has 0 aliphatic rings. The van der Waals surface area contributed by atoms with Gasteiger partial charge in [-0.2, -0.15) is 0 Å². The van der Waals surface area contributed by atoms with Crippen molar-refractivity contribution in [2.75, 3.05) is 0 Å². The molecule has 316 valence electrons. The highest BCUT2D eigenvalue weighted by Gasteiger charge is 2.20. The fourth-order valence-corrected chi connectivity index (χ4v) is 10.6. The lowest BCUT2D eigenvalue weighted by Gasteiger charge is -2.15. The summed E-state index contributed by atoms with van der Waals surface area (Å²) in [5, 5.41) is 12.0. The maximum atomic E-state index is 5.22. The lowest BCUT2D eigenvalue weighted by Crippen LogP contribution is -2.02. The Morgan fingerprint density at radius 3 is 1.59 bits per heavy atom. The first-order chi connectivity index (χ1) is 33.7. The first-order valence-electron chi connectivity index (χ1n) is 23.1. The Morgan fingerprint density at radius 2 is 0.824 bits per heavy atom. The Bertz CT molecular complexity index is 4300. The topological polar surface area (TPSA) is 48.5 Å². The van der Waals surface area contributed by atoms with E-state index in [9.17, 15) is 0 Å². The average Bonchev–Trinajstić information content (AvgIpc) is 3.92. The van der Waals surface area contributed by atoms with E-state index in [0.29, 0.717) is 17.5 Å². The monoisotopic (exact) mass is 865 g/mol. The number of rotatable bonds is 6. The molecule has 0 spiro atoms. The zero-order valence-electron chi connectivity index (χ0n) is 36.8. The van der Waals surface area contributed by atoms with Crippen molar-refractivity contribution >= 4 is 75.9 Å². The van der Waals surface area contributed by atoms with E-state index >= 15 is 0 Å². The van der Waals surface area contributed by atoms with Crippen molar-refractivity contribution in [1.82, 2.24) is 24.1 Å². The van der Waals surface area contributed by atoms with Crippen LogP contribution in [-0.2, 0) is 0 Å². The van der Waals surface area contributed by atoms with E-state index in [1.165, 1.54) is 59.7 Å². The second-order valence-corrected chi connectivity index (χ2v) is 17.6. The summed E-state index contributed by atoms with van der Waals surface area (Å²) in [5.41, 5.74) is 12.1. The molecule has 0 radical (unpaired) electrons. The number of hydrogen-bond donors (Lipinski definition) is 0. The van der Waals surface area contributed by atoms with Gasteiger partial charge in [-0.25, -0.2) is 15.0 Å². The third-order valence-corrected chi connectivity index (χ3v) is 13.7. The van der Waals surface area contributed by atoms with E-state index in [4.69, 9.17) is 15.0 Å². The molecule has 11 aromatic carbocycles. The van der Waals surface area contributed by atoms with Crippen molar-refractivity contribution in [3.8, 4) is 56.7 Å². The quantitative estimate of drug-likeness (QED) is 0.167. The molecular formula is C63H39N5. The number of hydrogen-bond acceptors (Lipinski definition) is 3. The summed E-state index contributed by atoms with van der Waals surface area (Å²) in [5.74, 6) is 1.89. The summed E-state index contributed by atoms with van der Waals surface area (Å²) < 4.78 is 4.86. The van der Waals surface area contributed by atoms with Crippen LogP contribution < -0.4 is 0 Å². The van der Waals surface area contributed by atoms with Gasteiger partial charge in [0.2, 0.25) is 0 Å². The lowest BCUT2D eigenvalue weighted by molar-refractivity contribution is 1.08. The molecule has 0 saturated heterocycles. The maximum Gasteiger partial charge on any atom is 0.164 e. The first-order valence-corrected chi connectivity index (χ1v) is 23.1. The van der Waals surface area contributed by atoms with Crippen LogP contribution in [-0.4, -0.2) is 24.1 Å². The molecule has 0 aliphatic heterocycles. The summed E-state index contributed by atoms with van der Waals surface area (Å²) >= 11 is 0. The Morgan fingerprint density at radius 1 is 0.265 bits per heavy atom. The van der Waals surface area contributed by atoms with Crippen LogP contribution in [0.5, 0.6) is 0 Å². The molecule has 0 unspecified atom stereocenters. The predicted octanol–water partition coefficient (Wildman–Crippen LogP) is 16.2. The Balaban J connectivity index is 0.930. The van der Waals surface area contributed by atoms with Crippen LogP contribution in [0, 0.1) is 0 Å². The summed E-state index contributed by atoms with van der Waals surface area (Å²) in [6.45, 7) is 0. The number of nitrogens with zero attached hydrogens (tertiary/aromatic N) is 5. The minimum Gasteiger partial charge on any atom is -0.309 e. The highest BCUT2D eigenvalue weighted by Crippen LogP contribution is 2.41. The van der Waals surface area contributed by atoms with Gasteiger partial charge >= 0.3 is 0 Å². The van der Waals surface area contributed by atoms with Gasteiger partial charge in [0.25, 0.3) is 0 Å². The van der Waals surface area contributed by atoms with Gasteiger partial charge in [0.1, 0.15) is 0 Å². The van der Waals surface area contributed by atoms with Gasteiger partial charge in [0, 0.05) is 49.3 Å². The van der Waals surface area contributed by atoms with Crippen molar-refractivity contribution < 1.29 is 0 Å². The van der Waals surface area contributed by atoms with Crippen LogP contribution in [0.1, 0.15) is 0 Å². The van der Waals surface area contributed by atoms with Crippen LogP contribution in [0.25, 0.3) is 133 Å². The standard InChI is InChI=1S/C63H39N5/c1-3-15-40(16-4-1)41-27-29-44(30-28-41)62-64-61(43-18-5-2-6-19-43)65-63(66-62)52-34-36-57(50-22-10-9-21-49(50)52)68-55-25-13-11-23-51(55)54-38-46-37-47(33-31-45(46)39-59(54)68)67-56-26-14-12-24-53(56)60-48-20-8-7-17-42(48)32-35-58(60)67/h1-39H. The molecule has 0 saturated carbocycles. The van der Waals surface area contributed by atoms with Gasteiger partial charge < -0.3 is 9.13 Å². The molecule has 0 fully saturated rings. The third-order valence-electron chi connectivity index (χ3n) is 13.7. The number of benzene rings is 11. The number of para-hydroxylation sites is 2. The molecule has 0 N–H and O–H groups in total. The molecule has 14 rings (SSSR count). The largest absolute Gasteiger partial charge is 0.309 e. The van der Waals surface area contributed by atoms with E-state index in [0.717, 1.165) is 55.4 Å². The van der Waals surface area contributed by atoms with Gasteiger partial charge in [-0.3, -0.25) is 0 Å². The van der Waals surface area contributed by atoms with Crippen molar-refractivity contribution in [2.24, 2.45) is 0 Å². The Labute approximate surface area is 391 Å². The smallest absolute Gasteiger partial charge is 0.164 e. The SMILES string of the molecule is c1ccc(-c2ccc(-c3nc(-c4ccccc4)nc(-c4ccc(-n5c6ccccc6c6cc7cc(-n8c9ccccc9c9c%10ccccc%10ccc98)ccc7cc65)c5ccccc45)n3)cc2)cc1. The van der Waals surface area contributed by atoms with Gasteiger partial charge in [-0.1, -0.05) is 182 Å². The molecule has 0 aliphatic carbocycles. The zero-order valence-corrected chi connectivity index (χ0v) is 36.8. The van der Waals surface area contributed by atoms with Crippen LogP contribution >= 0.6 is 0 Å². The number of aromatic nitrogens is 5. The fourth-order valence-electron chi connectivity index (χ4n) is 10.6. The average molecular weight is 866 g/mol. The van der Waals surface area contributed by atoms with Crippen molar-refractivity contribution in [3.63, 3.8) is 0 Å². The molecule has 0 atom stereocenters. The summed E-state index contributed by atoms with van der Waals surface area (Å²) in [4.78, 5) is 15.5. The van der Waals surface area contributed by atoms with E-state index in [1.54, 1.807) is 0 Å². The van der Waals surface area contributed by atoms with Gasteiger partial charge in [0.05, 0.1) is 27.8 Å². The lowest BCUT2D eigenvalue weighted by atomic mass is 10.0. The van der Waals surface area contributed by atoms with Crippen LogP contribution in [0.4, 0.5) is 0 Å². The molecule has 5 heteroatoms. The first kappa shape index (κ1) is 38.1. The van der Waals surface area contributed by atoms with Crippen molar-refractivity contribution in [1.29, 1.82) is 0 Å². The molecule has 68 heavy (non-hydrogen) atoms. The van der Waals surface area contributed by atoms with E-state index in [1.807, 2.05) is 24.3 Å². The van der Waals surface area contributed by atoms with Gasteiger partial charge in [-0.15, -0.1) is 0 Å². The van der Waals surface area contributed by atoms with E-state index in [-0.39, 0.29) is 0 Å². The van der Waals surface area contributed by atoms with Crippen LogP contribution in [0.15, 0.2) is 237 Å². The molecular weight excluding hydrogens is 827 g/mol. The highest BCUT2D eigenvalue weighted by atomic mass is 15.0. The second-order valence-electron chi connectivity index (χ2n) is 17.6. The summed E-state index contributed by atoms with van der Waals surface area (Å²) in [6.07, 6.45) is 0. The third kappa shape index (κ3) is 5.99. The van der Waals surface area contributed by atoms with E-state index < -0.39 is 0 Å². The summed E-state index contributed by atoms with van der Waals surface area (Å²) in [7, 11) is 0. The van der Waals surface area contributed by atoms with Crippen LogP contribution in [0.3, 0.4) is 0 Å². The minimum atomic E-state index is 0.629. The molecule has 14 aromatic rings. The Hall–Kier alpha value is -9.19. The molecule has 0 bridgehead atoms. The van der Waals surface area contributed by atoms with Gasteiger partial charge in [0.15, 0.2) is 17.5 Å². The molecule has 3 aromatic heterocycles. The van der Waals surface area contributed by atoms with Crippen LogP contribution in [0.2, 0.25) is 0 Å². The zero-order chi connectivity index (χ0) is 44.7. The maximum absolute atomic E-state index is 5.22. The van der Waals surface area contributed by atoms with Crippen molar-refractivity contribution in [3.05, 3.63) is 237 Å². The predicted molar refractivity (Wildman–Crippen MR) is 283 cm³/mol. The summed E-state index contributed by atoms with van der Waals surface area (Å²) in [6, 6.07) is 84.7. The molecule has 0 amide bonds. The normalized spacial score (nSPS) is 11.8. The molecule has 3 heterocycles. The number of fused-ring (bicyclic) bond motifs is 10. The second kappa shape index (κ2) is 15.2. The van der Waals surface area contributed by atoms with Crippen molar-refractivity contribution in [2.45, 2.75) is 0 Å². The highest BCUT2D eigenvalue weighted by molar-refractivity contribution is 6.21.